The fourth-order valence-corrected chi connectivity index (χ4v) is 3.70. The molecule has 0 radical (unpaired) electrons. The first-order valence-corrected chi connectivity index (χ1v) is 10.8. The van der Waals surface area contributed by atoms with E-state index in [4.69, 9.17) is 14.5 Å². The van der Waals surface area contributed by atoms with Crippen LogP contribution in [-0.2, 0) is 5.41 Å². The maximum atomic E-state index is 5.47. The van der Waals surface area contributed by atoms with E-state index in [1.165, 1.54) is 5.56 Å². The Morgan fingerprint density at radius 3 is 2.38 bits per heavy atom. The van der Waals surface area contributed by atoms with Gasteiger partial charge in [-0.15, -0.1) is 0 Å². The molecule has 0 spiro atoms. The minimum Gasteiger partial charge on any atom is -0.493 e. The second-order valence-electron chi connectivity index (χ2n) is 8.70. The summed E-state index contributed by atoms with van der Waals surface area (Å²) >= 11 is 0. The Hall–Kier alpha value is -1.95. The van der Waals surface area contributed by atoms with Crippen molar-refractivity contribution < 1.29 is 9.47 Å². The molecule has 0 amide bonds. The van der Waals surface area contributed by atoms with Crippen LogP contribution in [0.25, 0.3) is 0 Å². The Morgan fingerprint density at radius 1 is 1.17 bits per heavy atom. The first kappa shape index (κ1) is 23.3. The molecule has 0 atom stereocenters. The van der Waals surface area contributed by atoms with E-state index >= 15 is 0 Å². The van der Waals surface area contributed by atoms with Crippen LogP contribution in [0.3, 0.4) is 0 Å². The van der Waals surface area contributed by atoms with Gasteiger partial charge >= 0.3 is 0 Å². The number of aliphatic imine (C=N–C) groups is 1. The Kier molecular flexibility index (Phi) is 8.62. The summed E-state index contributed by atoms with van der Waals surface area (Å²) < 4.78 is 10.8. The highest BCUT2D eigenvalue weighted by molar-refractivity contribution is 5.80. The lowest BCUT2D eigenvalue weighted by Gasteiger charge is -2.35. The van der Waals surface area contributed by atoms with Crippen molar-refractivity contribution >= 4 is 5.96 Å². The van der Waals surface area contributed by atoms with Gasteiger partial charge in [0.15, 0.2) is 17.5 Å². The van der Waals surface area contributed by atoms with Gasteiger partial charge in [0, 0.05) is 37.1 Å². The molecule has 1 aromatic rings. The van der Waals surface area contributed by atoms with Gasteiger partial charge in [0.1, 0.15) is 0 Å². The van der Waals surface area contributed by atoms with Crippen LogP contribution in [0.1, 0.15) is 53.0 Å². The lowest BCUT2D eigenvalue weighted by Crippen LogP contribution is -2.50. The molecular formula is C23H40N4O2. The highest BCUT2D eigenvalue weighted by atomic mass is 16.5. The van der Waals surface area contributed by atoms with Gasteiger partial charge in [0.05, 0.1) is 20.8 Å². The van der Waals surface area contributed by atoms with Crippen molar-refractivity contribution in [1.29, 1.82) is 0 Å². The molecule has 6 heteroatoms. The van der Waals surface area contributed by atoms with Crippen molar-refractivity contribution in [3.8, 4) is 11.5 Å². The van der Waals surface area contributed by atoms with E-state index in [0.717, 1.165) is 49.9 Å². The number of benzene rings is 1. The average Bonchev–Trinajstić information content (AvgIpc) is 2.72. The van der Waals surface area contributed by atoms with E-state index in [0.29, 0.717) is 18.6 Å². The van der Waals surface area contributed by atoms with Gasteiger partial charge in [-0.25, -0.2) is 0 Å². The summed E-state index contributed by atoms with van der Waals surface area (Å²) in [4.78, 5) is 7.46. The molecule has 1 saturated heterocycles. The number of rotatable bonds is 8. The summed E-state index contributed by atoms with van der Waals surface area (Å²) in [5.41, 5.74) is 1.06. The van der Waals surface area contributed by atoms with Gasteiger partial charge in [-0.05, 0) is 51.3 Å². The zero-order valence-electron chi connectivity index (χ0n) is 19.3. The van der Waals surface area contributed by atoms with Crippen LogP contribution >= 0.6 is 0 Å². The molecule has 0 saturated carbocycles. The molecule has 1 aromatic carbocycles. The van der Waals surface area contributed by atoms with Gasteiger partial charge in [-0.2, -0.15) is 0 Å². The Bertz CT molecular complexity index is 665. The number of piperidine rings is 1. The Balaban J connectivity index is 2.05. The maximum absolute atomic E-state index is 5.47. The first-order chi connectivity index (χ1) is 13.8. The minimum atomic E-state index is -0.122. The Morgan fingerprint density at radius 2 is 1.83 bits per heavy atom. The number of hydrogen-bond acceptors (Lipinski definition) is 4. The average molecular weight is 405 g/mol. The topological polar surface area (TPSA) is 58.1 Å². The largest absolute Gasteiger partial charge is 0.493 e. The van der Waals surface area contributed by atoms with Crippen molar-refractivity contribution in [3.63, 3.8) is 0 Å². The predicted octanol–water partition coefficient (Wildman–Crippen LogP) is 3.41. The van der Waals surface area contributed by atoms with E-state index in [1.54, 1.807) is 14.2 Å². The predicted molar refractivity (Wildman–Crippen MR) is 121 cm³/mol. The van der Waals surface area contributed by atoms with Crippen molar-refractivity contribution in [2.75, 3.05) is 40.4 Å². The van der Waals surface area contributed by atoms with Crippen LogP contribution in [0.5, 0.6) is 11.5 Å². The highest BCUT2D eigenvalue weighted by Crippen LogP contribution is 2.33. The van der Waals surface area contributed by atoms with Gasteiger partial charge in [0.2, 0.25) is 0 Å². The zero-order chi connectivity index (χ0) is 21.4. The van der Waals surface area contributed by atoms with Crippen LogP contribution in [0.2, 0.25) is 0 Å². The van der Waals surface area contributed by atoms with Gasteiger partial charge in [0.25, 0.3) is 0 Å². The summed E-state index contributed by atoms with van der Waals surface area (Å²) in [5, 5.41) is 7.06. The molecule has 2 N–H and O–H groups in total. The zero-order valence-corrected chi connectivity index (χ0v) is 19.3. The fraction of sp³-hybridized carbons (Fsp3) is 0.696. The molecule has 164 valence electrons. The third kappa shape index (κ3) is 6.53. The van der Waals surface area contributed by atoms with E-state index in [1.807, 2.05) is 6.07 Å². The Labute approximate surface area is 177 Å². The molecule has 1 aliphatic heterocycles. The summed E-state index contributed by atoms with van der Waals surface area (Å²) in [6.45, 7) is 14.9. The summed E-state index contributed by atoms with van der Waals surface area (Å²) in [7, 11) is 3.33. The van der Waals surface area contributed by atoms with Crippen molar-refractivity contribution in [3.05, 3.63) is 23.8 Å². The molecule has 0 aliphatic carbocycles. The van der Waals surface area contributed by atoms with Crippen molar-refractivity contribution in [2.45, 2.75) is 65.0 Å². The fourth-order valence-electron chi connectivity index (χ4n) is 3.70. The van der Waals surface area contributed by atoms with Crippen molar-refractivity contribution in [1.82, 2.24) is 15.5 Å². The van der Waals surface area contributed by atoms with E-state index < -0.39 is 0 Å². The van der Waals surface area contributed by atoms with Crippen LogP contribution < -0.4 is 20.1 Å². The molecule has 2 rings (SSSR count). The quantitative estimate of drug-likeness (QED) is 0.514. The van der Waals surface area contributed by atoms with E-state index in [-0.39, 0.29) is 5.41 Å². The molecule has 6 nitrogen and oxygen atoms in total. The molecule has 29 heavy (non-hydrogen) atoms. The molecular weight excluding hydrogens is 364 g/mol. The monoisotopic (exact) mass is 404 g/mol. The molecule has 0 aromatic heterocycles. The molecule has 0 bridgehead atoms. The minimum absolute atomic E-state index is 0.122. The molecule has 1 heterocycles. The first-order valence-electron chi connectivity index (χ1n) is 10.8. The van der Waals surface area contributed by atoms with Crippen LogP contribution in [0.4, 0.5) is 0 Å². The lowest BCUT2D eigenvalue weighted by atomic mass is 9.84. The number of guanidine groups is 1. The SMILES string of the molecule is CCNC(=NCC(C)(C)c1ccc(OC)c(OC)c1)NC1CCN(C(C)C)CC1. The van der Waals surface area contributed by atoms with Gasteiger partial charge < -0.3 is 25.0 Å². The summed E-state index contributed by atoms with van der Waals surface area (Å²) in [5.74, 6) is 2.41. The second-order valence-corrected chi connectivity index (χ2v) is 8.70. The number of nitrogens with one attached hydrogen (secondary N) is 2. The van der Waals surface area contributed by atoms with Gasteiger partial charge in [-0.3, -0.25) is 4.99 Å². The van der Waals surface area contributed by atoms with E-state index in [9.17, 15) is 0 Å². The third-order valence-electron chi connectivity index (χ3n) is 5.74. The summed E-state index contributed by atoms with van der Waals surface area (Å²) in [6.07, 6.45) is 2.31. The second kappa shape index (κ2) is 10.7. The normalized spacial score (nSPS) is 16.8. The van der Waals surface area contributed by atoms with Crippen molar-refractivity contribution in [2.24, 2.45) is 4.99 Å². The maximum Gasteiger partial charge on any atom is 0.191 e. The van der Waals surface area contributed by atoms with Gasteiger partial charge in [-0.1, -0.05) is 19.9 Å². The molecule has 1 aliphatic rings. The molecule has 0 unspecified atom stereocenters. The number of methoxy groups -OCH3 is 2. The number of hydrogen-bond donors (Lipinski definition) is 2. The third-order valence-corrected chi connectivity index (χ3v) is 5.74. The number of likely N-dealkylation sites (tertiary alicyclic amines) is 1. The number of nitrogens with zero attached hydrogens (tertiary/aromatic N) is 2. The van der Waals surface area contributed by atoms with Crippen LogP contribution in [-0.4, -0.2) is 63.3 Å². The van der Waals surface area contributed by atoms with Crippen LogP contribution in [0.15, 0.2) is 23.2 Å². The number of ether oxygens (including phenoxy) is 2. The summed E-state index contributed by atoms with van der Waals surface area (Å²) in [6, 6.07) is 7.22. The highest BCUT2D eigenvalue weighted by Gasteiger charge is 2.24. The molecule has 1 fully saturated rings. The lowest BCUT2D eigenvalue weighted by molar-refractivity contribution is 0.167. The van der Waals surface area contributed by atoms with Crippen LogP contribution in [0, 0.1) is 0 Å². The standard InChI is InChI=1S/C23H40N4O2/c1-8-24-22(26-19-11-13-27(14-12-19)17(2)3)25-16-23(4,5)18-9-10-20(28-6)21(15-18)29-7/h9-10,15,17,19H,8,11-14,16H2,1-7H3,(H2,24,25,26). The van der Waals surface area contributed by atoms with E-state index in [2.05, 4.69) is 62.3 Å². The smallest absolute Gasteiger partial charge is 0.191 e.